The molecule has 3 aromatic carbocycles. The maximum atomic E-state index is 9.13. The highest BCUT2D eigenvalue weighted by molar-refractivity contribution is 9.11. The molecule has 0 aliphatic heterocycles. The van der Waals surface area contributed by atoms with Crippen molar-refractivity contribution >= 4 is 71.9 Å². The number of aryl methyl sites for hydroxylation is 2. The number of benzene rings is 3. The van der Waals surface area contributed by atoms with E-state index >= 15 is 0 Å². The van der Waals surface area contributed by atoms with Gasteiger partial charge in [0, 0.05) is 43.3 Å². The number of fused-ring (bicyclic) bond motifs is 2. The van der Waals surface area contributed by atoms with E-state index < -0.39 is 7.12 Å². The van der Waals surface area contributed by atoms with Crippen molar-refractivity contribution in [3.63, 3.8) is 0 Å². The Morgan fingerprint density at radius 1 is 0.676 bits per heavy atom. The molecule has 0 radical (unpaired) electrons. The third-order valence-electron chi connectivity index (χ3n) is 5.14. The van der Waals surface area contributed by atoms with Gasteiger partial charge in [-0.3, -0.25) is 9.97 Å². The topological polar surface area (TPSA) is 92.3 Å². The standard InChI is InChI=1S/C10H10BNO2.C10H8BrN.C6H6BrN/c1-7-5-6-12-10-8(7)3-2-4-9(10)11(13)14;1-7-5-6-12-10-8(7)3-2-4-9(10)11;7-5-3-1-2-4-6(5)8/h2-6,13-14H,1H3;2-6H,1H3;1-4H,8H2. The molecular formula is C26H24BBr2N3O2. The third-order valence-corrected chi connectivity index (χ3v) is 6.51. The van der Waals surface area contributed by atoms with Crippen LogP contribution in [-0.2, 0) is 0 Å². The lowest BCUT2D eigenvalue weighted by molar-refractivity contribution is 0.426. The molecule has 0 atom stereocenters. The molecule has 0 bridgehead atoms. The molecule has 2 heterocycles. The number of nitrogens with two attached hydrogens (primary N) is 1. The molecule has 172 valence electrons. The van der Waals surface area contributed by atoms with Crippen molar-refractivity contribution < 1.29 is 10.0 Å². The predicted molar refractivity (Wildman–Crippen MR) is 149 cm³/mol. The lowest BCUT2D eigenvalue weighted by Gasteiger charge is -2.05. The van der Waals surface area contributed by atoms with Crippen molar-refractivity contribution in [2.75, 3.05) is 5.73 Å². The van der Waals surface area contributed by atoms with Crippen LogP contribution < -0.4 is 11.2 Å². The van der Waals surface area contributed by atoms with E-state index in [4.69, 9.17) is 15.8 Å². The molecule has 4 N–H and O–H groups in total. The smallest absolute Gasteiger partial charge is 0.423 e. The summed E-state index contributed by atoms with van der Waals surface area (Å²) in [6, 6.07) is 23.0. The first kappa shape index (κ1) is 25.8. The third kappa shape index (κ3) is 6.42. The number of nitrogen functional groups attached to an aromatic ring is 1. The molecule has 5 rings (SSSR count). The van der Waals surface area contributed by atoms with E-state index in [0.29, 0.717) is 11.0 Å². The van der Waals surface area contributed by atoms with Gasteiger partial charge in [0.15, 0.2) is 0 Å². The predicted octanol–water partition coefficient (Wildman–Crippen LogP) is 5.56. The number of nitrogens with zero attached hydrogens (tertiary/aromatic N) is 2. The zero-order valence-corrected chi connectivity index (χ0v) is 22.0. The van der Waals surface area contributed by atoms with Gasteiger partial charge in [0.1, 0.15) is 0 Å². The van der Waals surface area contributed by atoms with Crippen molar-refractivity contribution in [1.82, 2.24) is 9.97 Å². The zero-order chi connectivity index (χ0) is 24.7. The van der Waals surface area contributed by atoms with E-state index in [-0.39, 0.29) is 0 Å². The SMILES string of the molecule is Cc1ccnc2c(B(O)O)cccc12.Cc1ccnc2c(Br)cccc12.Nc1ccccc1Br. The van der Waals surface area contributed by atoms with E-state index in [2.05, 4.69) is 54.8 Å². The molecule has 5 aromatic rings. The molecular weight excluding hydrogens is 557 g/mol. The van der Waals surface area contributed by atoms with Gasteiger partial charge < -0.3 is 15.8 Å². The van der Waals surface area contributed by atoms with Crippen LogP contribution in [0.5, 0.6) is 0 Å². The Labute approximate surface area is 216 Å². The van der Waals surface area contributed by atoms with Gasteiger partial charge in [-0.1, -0.05) is 42.5 Å². The van der Waals surface area contributed by atoms with Crippen molar-refractivity contribution in [2.24, 2.45) is 0 Å². The second kappa shape index (κ2) is 12.1. The highest BCUT2D eigenvalue weighted by atomic mass is 79.9. The van der Waals surface area contributed by atoms with Crippen molar-refractivity contribution in [3.8, 4) is 0 Å². The van der Waals surface area contributed by atoms with E-state index in [9.17, 15) is 0 Å². The molecule has 0 aliphatic carbocycles. The average molecular weight is 581 g/mol. The van der Waals surface area contributed by atoms with Crippen LogP contribution in [0.1, 0.15) is 11.1 Å². The number of hydrogen-bond donors (Lipinski definition) is 3. The number of para-hydroxylation sites is 3. The van der Waals surface area contributed by atoms with E-state index in [1.807, 2.05) is 67.7 Å². The maximum absolute atomic E-state index is 9.13. The van der Waals surface area contributed by atoms with E-state index in [0.717, 1.165) is 31.1 Å². The van der Waals surface area contributed by atoms with Gasteiger partial charge in [-0.25, -0.2) is 0 Å². The minimum atomic E-state index is -1.46. The fourth-order valence-electron chi connectivity index (χ4n) is 3.30. The van der Waals surface area contributed by atoms with Crippen LogP contribution in [0.2, 0.25) is 0 Å². The summed E-state index contributed by atoms with van der Waals surface area (Å²) >= 11 is 6.74. The molecule has 0 saturated heterocycles. The summed E-state index contributed by atoms with van der Waals surface area (Å²) in [6.07, 6.45) is 3.51. The number of rotatable bonds is 1. The van der Waals surface area contributed by atoms with Crippen LogP contribution in [0.15, 0.2) is 94.1 Å². The Kier molecular flexibility index (Phi) is 9.18. The molecule has 2 aromatic heterocycles. The highest BCUT2D eigenvalue weighted by Gasteiger charge is 2.15. The van der Waals surface area contributed by atoms with E-state index in [1.165, 1.54) is 10.9 Å². The minimum Gasteiger partial charge on any atom is -0.423 e. The molecule has 0 aliphatic rings. The summed E-state index contributed by atoms with van der Waals surface area (Å²) in [4.78, 5) is 8.44. The Morgan fingerprint density at radius 3 is 1.74 bits per heavy atom. The monoisotopic (exact) mass is 579 g/mol. The molecule has 34 heavy (non-hydrogen) atoms. The van der Waals surface area contributed by atoms with Gasteiger partial charge >= 0.3 is 7.12 Å². The van der Waals surface area contributed by atoms with Crippen molar-refractivity contribution in [1.29, 1.82) is 0 Å². The molecule has 8 heteroatoms. The van der Waals surface area contributed by atoms with Crippen molar-refractivity contribution in [2.45, 2.75) is 13.8 Å². The summed E-state index contributed by atoms with van der Waals surface area (Å²) in [5, 5.41) is 20.4. The summed E-state index contributed by atoms with van der Waals surface area (Å²) in [6.45, 7) is 4.06. The Hall–Kier alpha value is -2.78. The lowest BCUT2D eigenvalue weighted by atomic mass is 9.78. The zero-order valence-electron chi connectivity index (χ0n) is 18.8. The first-order chi connectivity index (χ1) is 16.3. The fraction of sp³-hybridized carbons (Fsp3) is 0.0769. The molecule has 5 nitrogen and oxygen atoms in total. The largest absolute Gasteiger partial charge is 0.490 e. The van der Waals surface area contributed by atoms with Crippen LogP contribution in [0.25, 0.3) is 21.8 Å². The number of anilines is 1. The average Bonchev–Trinajstić information content (AvgIpc) is 2.83. The Bertz CT molecular complexity index is 1350. The van der Waals surface area contributed by atoms with Gasteiger partial charge in [-0.15, -0.1) is 0 Å². The summed E-state index contributed by atoms with van der Waals surface area (Å²) in [5.74, 6) is 0. The lowest BCUT2D eigenvalue weighted by Crippen LogP contribution is -2.30. The molecule has 0 unspecified atom stereocenters. The quantitative estimate of drug-likeness (QED) is 0.178. The van der Waals surface area contributed by atoms with Gasteiger partial charge in [-0.2, -0.15) is 0 Å². The van der Waals surface area contributed by atoms with Crippen LogP contribution >= 0.6 is 31.9 Å². The Morgan fingerprint density at radius 2 is 1.21 bits per heavy atom. The summed E-state index contributed by atoms with van der Waals surface area (Å²) in [5.41, 5.74) is 10.7. The number of halogens is 2. The van der Waals surface area contributed by atoms with Gasteiger partial charge in [-0.05, 0) is 87.2 Å². The van der Waals surface area contributed by atoms with Gasteiger partial charge in [0.05, 0.1) is 11.0 Å². The van der Waals surface area contributed by atoms with Crippen LogP contribution in [0.3, 0.4) is 0 Å². The fourth-order valence-corrected chi connectivity index (χ4v) is 4.05. The highest BCUT2D eigenvalue weighted by Crippen LogP contribution is 2.23. The first-order valence-corrected chi connectivity index (χ1v) is 12.1. The van der Waals surface area contributed by atoms with Crippen molar-refractivity contribution in [3.05, 3.63) is 105 Å². The molecule has 0 amide bonds. The van der Waals surface area contributed by atoms with Crippen LogP contribution in [0, 0.1) is 13.8 Å². The molecule has 0 spiro atoms. The second-order valence-electron chi connectivity index (χ2n) is 7.53. The summed E-state index contributed by atoms with van der Waals surface area (Å²) in [7, 11) is -1.46. The number of aromatic nitrogens is 2. The second-order valence-corrected chi connectivity index (χ2v) is 9.24. The van der Waals surface area contributed by atoms with Crippen LogP contribution in [0.4, 0.5) is 5.69 Å². The van der Waals surface area contributed by atoms with Crippen LogP contribution in [-0.4, -0.2) is 27.1 Å². The normalized spacial score (nSPS) is 10.2. The summed E-state index contributed by atoms with van der Waals surface area (Å²) < 4.78 is 2.02. The maximum Gasteiger partial charge on any atom is 0.490 e. The molecule has 0 saturated carbocycles. The first-order valence-electron chi connectivity index (χ1n) is 10.5. The van der Waals surface area contributed by atoms with Gasteiger partial charge in [0.25, 0.3) is 0 Å². The molecule has 0 fully saturated rings. The minimum absolute atomic E-state index is 0.450. The number of hydrogen-bond acceptors (Lipinski definition) is 5. The van der Waals surface area contributed by atoms with E-state index in [1.54, 1.807) is 18.3 Å². The van der Waals surface area contributed by atoms with Gasteiger partial charge in [0.2, 0.25) is 0 Å². The number of pyridine rings is 2. The Balaban J connectivity index is 0.000000148.